The molecule has 9 nitrogen and oxygen atoms in total. The number of amides is 1. The number of ether oxygens (including phenoxy) is 3. The minimum Gasteiger partial charge on any atom is -0.497 e. The highest BCUT2D eigenvalue weighted by atomic mass is 32.1. The van der Waals surface area contributed by atoms with E-state index >= 15 is 0 Å². The summed E-state index contributed by atoms with van der Waals surface area (Å²) >= 11 is 1.38. The smallest absolute Gasteiger partial charge is 0.226 e. The highest BCUT2D eigenvalue weighted by molar-refractivity contribution is 7.14. The zero-order chi connectivity index (χ0) is 23.3. The molecule has 0 saturated heterocycles. The van der Waals surface area contributed by atoms with E-state index in [2.05, 4.69) is 20.4 Å². The van der Waals surface area contributed by atoms with Crippen LogP contribution in [0.1, 0.15) is 18.7 Å². The van der Waals surface area contributed by atoms with E-state index in [1.54, 1.807) is 7.11 Å². The van der Waals surface area contributed by atoms with Crippen molar-refractivity contribution in [1.29, 1.82) is 0 Å². The maximum atomic E-state index is 12.4. The molecule has 2 aromatic heterocycles. The largest absolute Gasteiger partial charge is 0.497 e. The number of aryl methyl sites for hydroxylation is 1. The van der Waals surface area contributed by atoms with Gasteiger partial charge in [0, 0.05) is 29.3 Å². The molecule has 0 fully saturated rings. The van der Waals surface area contributed by atoms with Crippen molar-refractivity contribution in [2.24, 2.45) is 0 Å². The van der Waals surface area contributed by atoms with Gasteiger partial charge in [-0.1, -0.05) is 5.16 Å². The third-order valence-electron chi connectivity index (χ3n) is 5.20. The molecule has 1 N–H and O–H groups in total. The van der Waals surface area contributed by atoms with E-state index < -0.39 is 0 Å². The third-order valence-corrected chi connectivity index (χ3v) is 5.96. The summed E-state index contributed by atoms with van der Waals surface area (Å²) in [4.78, 5) is 21.3. The summed E-state index contributed by atoms with van der Waals surface area (Å²) in [7, 11) is 1.62. The molecule has 0 atom stereocenters. The number of methoxy groups -OCH3 is 1. The number of benzene rings is 2. The molecule has 2 aromatic carbocycles. The fourth-order valence-electron chi connectivity index (χ4n) is 3.46. The fourth-order valence-corrected chi connectivity index (χ4v) is 4.20. The Labute approximate surface area is 199 Å². The van der Waals surface area contributed by atoms with Gasteiger partial charge >= 0.3 is 0 Å². The van der Waals surface area contributed by atoms with Crippen molar-refractivity contribution in [3.63, 3.8) is 0 Å². The molecule has 0 bridgehead atoms. The minimum atomic E-state index is -0.113. The van der Waals surface area contributed by atoms with Crippen molar-refractivity contribution in [1.82, 2.24) is 15.1 Å². The maximum Gasteiger partial charge on any atom is 0.226 e. The second-order valence-electron chi connectivity index (χ2n) is 7.54. The van der Waals surface area contributed by atoms with Gasteiger partial charge in [0.05, 0.1) is 12.8 Å². The zero-order valence-corrected chi connectivity index (χ0v) is 19.3. The standard InChI is InChI=1S/C24H22N4O5S/c1-30-17-8-5-15(6-9-17)23-27-22(33-28-23)4-2-3-21(29)26-24-25-18(14-34-24)16-7-10-19-20(13-16)32-12-11-31-19/h5-10,13-14H,2-4,11-12H2,1H3,(H,25,26,29). The highest BCUT2D eigenvalue weighted by Gasteiger charge is 2.15. The van der Waals surface area contributed by atoms with Crippen LogP contribution in [-0.4, -0.2) is 41.4 Å². The number of fused-ring (bicyclic) bond motifs is 1. The van der Waals surface area contributed by atoms with Crippen molar-refractivity contribution in [3.05, 3.63) is 53.7 Å². The number of aromatic nitrogens is 3. The van der Waals surface area contributed by atoms with Gasteiger partial charge in [0.2, 0.25) is 17.6 Å². The van der Waals surface area contributed by atoms with Crippen molar-refractivity contribution in [3.8, 4) is 39.9 Å². The average molecular weight is 479 g/mol. The van der Waals surface area contributed by atoms with Gasteiger partial charge < -0.3 is 24.1 Å². The predicted octanol–water partition coefficient (Wildman–Crippen LogP) is 4.60. The molecule has 3 heterocycles. The Balaban J connectivity index is 1.12. The lowest BCUT2D eigenvalue weighted by Crippen LogP contribution is -2.15. The second kappa shape index (κ2) is 9.92. The van der Waals surface area contributed by atoms with Crippen LogP contribution in [0.25, 0.3) is 22.6 Å². The van der Waals surface area contributed by atoms with Crippen molar-refractivity contribution in [2.45, 2.75) is 19.3 Å². The minimum absolute atomic E-state index is 0.113. The first-order valence-electron chi connectivity index (χ1n) is 10.8. The molecule has 0 radical (unpaired) electrons. The molecule has 0 saturated carbocycles. The van der Waals surface area contributed by atoms with Crippen LogP contribution in [0, 0.1) is 0 Å². The highest BCUT2D eigenvalue weighted by Crippen LogP contribution is 2.35. The summed E-state index contributed by atoms with van der Waals surface area (Å²) < 4.78 is 21.7. The van der Waals surface area contributed by atoms with Gasteiger partial charge in [-0.15, -0.1) is 11.3 Å². The fraction of sp³-hybridized carbons (Fsp3) is 0.250. The number of rotatable bonds is 8. The van der Waals surface area contributed by atoms with E-state index in [1.165, 1.54) is 11.3 Å². The Morgan fingerprint density at radius 1 is 1.06 bits per heavy atom. The molecule has 34 heavy (non-hydrogen) atoms. The molecule has 0 spiro atoms. The molecule has 4 aromatic rings. The van der Waals surface area contributed by atoms with Gasteiger partial charge in [-0.2, -0.15) is 4.98 Å². The quantitative estimate of drug-likeness (QED) is 0.391. The van der Waals surface area contributed by atoms with Gasteiger partial charge in [0.15, 0.2) is 16.6 Å². The van der Waals surface area contributed by atoms with Gasteiger partial charge in [0.1, 0.15) is 19.0 Å². The first-order valence-corrected chi connectivity index (χ1v) is 11.7. The number of anilines is 1. The van der Waals surface area contributed by atoms with Gasteiger partial charge in [-0.3, -0.25) is 4.79 Å². The topological polar surface area (TPSA) is 109 Å². The first-order chi connectivity index (χ1) is 16.7. The van der Waals surface area contributed by atoms with E-state index in [0.29, 0.717) is 55.1 Å². The molecule has 1 aliphatic heterocycles. The number of thiazole rings is 1. The van der Waals surface area contributed by atoms with E-state index in [0.717, 1.165) is 28.3 Å². The number of hydrogen-bond acceptors (Lipinski definition) is 9. The number of hydrogen-bond donors (Lipinski definition) is 1. The van der Waals surface area contributed by atoms with Crippen LogP contribution in [-0.2, 0) is 11.2 Å². The SMILES string of the molecule is COc1ccc(-c2noc(CCCC(=O)Nc3nc(-c4ccc5c(c4)OCCO5)cs3)n2)cc1. The third kappa shape index (κ3) is 5.01. The van der Waals surface area contributed by atoms with Crippen LogP contribution in [0.2, 0.25) is 0 Å². The van der Waals surface area contributed by atoms with Crippen LogP contribution in [0.4, 0.5) is 5.13 Å². The molecule has 5 rings (SSSR count). The molecule has 1 amide bonds. The molecule has 1 aliphatic rings. The molecule has 10 heteroatoms. The van der Waals surface area contributed by atoms with E-state index in [-0.39, 0.29) is 5.91 Å². The summed E-state index contributed by atoms with van der Waals surface area (Å²) in [6.07, 6.45) is 1.41. The lowest BCUT2D eigenvalue weighted by molar-refractivity contribution is -0.116. The number of nitrogens with zero attached hydrogens (tertiary/aromatic N) is 3. The summed E-state index contributed by atoms with van der Waals surface area (Å²) in [5.74, 6) is 3.09. The Hall–Kier alpha value is -3.92. The normalized spacial score (nSPS) is 12.4. The lowest BCUT2D eigenvalue weighted by Gasteiger charge is -2.18. The first kappa shape index (κ1) is 21.9. The van der Waals surface area contributed by atoms with Crippen LogP contribution in [0.5, 0.6) is 17.2 Å². The van der Waals surface area contributed by atoms with Crippen molar-refractivity contribution < 1.29 is 23.5 Å². The molecular formula is C24H22N4O5S. The summed E-state index contributed by atoms with van der Waals surface area (Å²) in [5, 5.41) is 9.32. The number of carbonyl (C=O) groups is 1. The van der Waals surface area contributed by atoms with E-state index in [9.17, 15) is 4.79 Å². The van der Waals surface area contributed by atoms with Crippen LogP contribution < -0.4 is 19.5 Å². The molecule has 0 aliphatic carbocycles. The summed E-state index contributed by atoms with van der Waals surface area (Å²) in [5.41, 5.74) is 2.52. The Morgan fingerprint density at radius 3 is 2.68 bits per heavy atom. The maximum absolute atomic E-state index is 12.4. The lowest BCUT2D eigenvalue weighted by atomic mass is 10.1. The average Bonchev–Trinajstić information content (AvgIpc) is 3.54. The Morgan fingerprint density at radius 2 is 1.85 bits per heavy atom. The van der Waals surface area contributed by atoms with Gasteiger partial charge in [0.25, 0.3) is 0 Å². The van der Waals surface area contributed by atoms with Crippen LogP contribution >= 0.6 is 11.3 Å². The molecule has 174 valence electrons. The zero-order valence-electron chi connectivity index (χ0n) is 18.4. The van der Waals surface area contributed by atoms with E-state index in [4.69, 9.17) is 18.7 Å². The summed E-state index contributed by atoms with van der Waals surface area (Å²) in [6, 6.07) is 13.1. The van der Waals surface area contributed by atoms with Crippen molar-refractivity contribution >= 4 is 22.4 Å². The van der Waals surface area contributed by atoms with Crippen molar-refractivity contribution in [2.75, 3.05) is 25.6 Å². The monoisotopic (exact) mass is 478 g/mol. The Kier molecular flexibility index (Phi) is 6.39. The molecular weight excluding hydrogens is 456 g/mol. The summed E-state index contributed by atoms with van der Waals surface area (Å²) in [6.45, 7) is 1.08. The van der Waals surface area contributed by atoms with Gasteiger partial charge in [-0.25, -0.2) is 4.98 Å². The molecule has 0 unspecified atom stereocenters. The van der Waals surface area contributed by atoms with Gasteiger partial charge in [-0.05, 0) is 48.9 Å². The van der Waals surface area contributed by atoms with E-state index in [1.807, 2.05) is 47.8 Å². The number of nitrogens with one attached hydrogen (secondary N) is 1. The van der Waals surface area contributed by atoms with Crippen LogP contribution in [0.3, 0.4) is 0 Å². The Bertz CT molecular complexity index is 1280. The van der Waals surface area contributed by atoms with Crippen LogP contribution in [0.15, 0.2) is 52.4 Å². The number of carbonyl (C=O) groups excluding carboxylic acids is 1. The predicted molar refractivity (Wildman–Crippen MR) is 126 cm³/mol. The second-order valence-corrected chi connectivity index (χ2v) is 8.40.